The Bertz CT molecular complexity index is 834. The number of halogens is 3. The smallest absolute Gasteiger partial charge is 0.153 e. The van der Waals surface area contributed by atoms with Crippen molar-refractivity contribution in [3.05, 3.63) is 29.6 Å². The average molecular weight is 335 g/mol. The second-order valence-corrected chi connectivity index (χ2v) is 8.04. The van der Waals surface area contributed by atoms with Gasteiger partial charge in [-0.15, -0.1) is 11.6 Å². The predicted octanol–water partition coefficient (Wildman–Crippen LogP) is 2.59. The topological polar surface area (TPSA) is 52.0 Å². The van der Waals surface area contributed by atoms with Gasteiger partial charge in [0.05, 0.1) is 28.4 Å². The molecule has 1 unspecified atom stereocenters. The molecular weight excluding hydrogens is 322 g/mol. The van der Waals surface area contributed by atoms with Gasteiger partial charge in [0.1, 0.15) is 17.2 Å². The van der Waals surface area contributed by atoms with Gasteiger partial charge in [-0.2, -0.15) is 0 Å². The molecule has 114 valence electrons. The molecule has 0 bridgehead atoms. The van der Waals surface area contributed by atoms with E-state index in [1.54, 1.807) is 11.5 Å². The fraction of sp³-hybridized carbons (Fsp3) is 0.462. The maximum Gasteiger partial charge on any atom is 0.153 e. The normalized spacial score (nSPS) is 24.8. The van der Waals surface area contributed by atoms with Crippen molar-refractivity contribution in [3.8, 4) is 0 Å². The van der Waals surface area contributed by atoms with Crippen molar-refractivity contribution in [2.45, 2.75) is 24.8 Å². The lowest BCUT2D eigenvalue weighted by Gasteiger charge is -2.27. The van der Waals surface area contributed by atoms with Gasteiger partial charge in [-0.05, 0) is 19.4 Å². The zero-order chi connectivity index (χ0) is 15.4. The molecule has 0 saturated carbocycles. The summed E-state index contributed by atoms with van der Waals surface area (Å²) in [5.74, 6) is -1.22. The summed E-state index contributed by atoms with van der Waals surface area (Å²) in [6, 6.07) is 1.92. The highest BCUT2D eigenvalue weighted by Gasteiger charge is 2.42. The van der Waals surface area contributed by atoms with Gasteiger partial charge >= 0.3 is 0 Å². The maximum absolute atomic E-state index is 13.9. The minimum atomic E-state index is -3.17. The van der Waals surface area contributed by atoms with Crippen LogP contribution in [0.25, 0.3) is 11.0 Å². The van der Waals surface area contributed by atoms with Crippen LogP contribution in [0, 0.1) is 11.6 Å². The Balaban J connectivity index is 2.31. The van der Waals surface area contributed by atoms with Crippen molar-refractivity contribution in [1.82, 2.24) is 9.55 Å². The molecule has 2 heterocycles. The molecule has 21 heavy (non-hydrogen) atoms. The van der Waals surface area contributed by atoms with Crippen molar-refractivity contribution in [2.24, 2.45) is 0 Å². The number of rotatable bonds is 2. The first kappa shape index (κ1) is 14.7. The standard InChI is InChI=1S/C13H13ClF2N2O2S/c1-13(2-3-21(19,20)7-13)18-10-5-8(15)4-9(16)12(10)17-11(18)6-14/h4-5H,2-3,6-7H2,1H3. The summed E-state index contributed by atoms with van der Waals surface area (Å²) in [6.07, 6.45) is 0.364. The van der Waals surface area contributed by atoms with E-state index in [0.29, 0.717) is 12.2 Å². The van der Waals surface area contributed by atoms with Crippen LogP contribution in [-0.4, -0.2) is 29.5 Å². The number of aromatic nitrogens is 2. The van der Waals surface area contributed by atoms with E-state index in [9.17, 15) is 17.2 Å². The van der Waals surface area contributed by atoms with Crippen LogP contribution in [0.1, 0.15) is 19.2 Å². The zero-order valence-electron chi connectivity index (χ0n) is 11.2. The molecule has 3 rings (SSSR count). The second kappa shape index (κ2) is 4.64. The number of fused-ring (bicyclic) bond motifs is 1. The van der Waals surface area contributed by atoms with Crippen molar-refractivity contribution in [2.75, 3.05) is 11.5 Å². The van der Waals surface area contributed by atoms with Gasteiger partial charge < -0.3 is 4.57 Å². The highest BCUT2D eigenvalue weighted by atomic mass is 35.5. The van der Waals surface area contributed by atoms with E-state index >= 15 is 0 Å². The van der Waals surface area contributed by atoms with E-state index in [1.165, 1.54) is 0 Å². The summed E-state index contributed by atoms with van der Waals surface area (Å²) in [5.41, 5.74) is -0.543. The van der Waals surface area contributed by atoms with Gasteiger partial charge in [0.2, 0.25) is 0 Å². The Kier molecular flexibility index (Phi) is 3.25. The number of hydrogen-bond donors (Lipinski definition) is 0. The molecule has 0 aliphatic carbocycles. The molecule has 1 saturated heterocycles. The first-order valence-electron chi connectivity index (χ1n) is 6.39. The summed E-state index contributed by atoms with van der Waals surface area (Å²) >= 11 is 5.86. The van der Waals surface area contributed by atoms with Crippen LogP contribution in [0.2, 0.25) is 0 Å². The van der Waals surface area contributed by atoms with Crippen LogP contribution in [0.15, 0.2) is 12.1 Å². The van der Waals surface area contributed by atoms with Crippen LogP contribution >= 0.6 is 11.6 Å². The molecule has 1 aliphatic rings. The first-order valence-corrected chi connectivity index (χ1v) is 8.75. The third kappa shape index (κ3) is 2.32. The maximum atomic E-state index is 13.9. The average Bonchev–Trinajstić information content (AvgIpc) is 2.87. The Hall–Kier alpha value is -1.21. The van der Waals surface area contributed by atoms with E-state index in [0.717, 1.165) is 12.1 Å². The molecule has 4 nitrogen and oxygen atoms in total. The molecule has 1 aromatic carbocycles. The van der Waals surface area contributed by atoms with Gasteiger partial charge in [-0.3, -0.25) is 0 Å². The van der Waals surface area contributed by atoms with Gasteiger partial charge in [0.25, 0.3) is 0 Å². The molecule has 0 radical (unpaired) electrons. The molecule has 0 spiro atoms. The summed E-state index contributed by atoms with van der Waals surface area (Å²) in [5, 5.41) is 0. The third-order valence-electron chi connectivity index (χ3n) is 3.89. The SMILES string of the molecule is CC1(n2c(CCl)nc3c(F)cc(F)cc32)CCS(=O)(=O)C1. The van der Waals surface area contributed by atoms with Crippen molar-refractivity contribution in [3.63, 3.8) is 0 Å². The summed E-state index contributed by atoms with van der Waals surface area (Å²) in [6.45, 7) is 1.75. The number of alkyl halides is 1. The Morgan fingerprint density at radius 2 is 2.14 bits per heavy atom. The molecule has 0 amide bonds. The van der Waals surface area contributed by atoms with E-state index in [2.05, 4.69) is 4.98 Å². The Morgan fingerprint density at radius 3 is 2.71 bits per heavy atom. The predicted molar refractivity (Wildman–Crippen MR) is 76.1 cm³/mol. The monoisotopic (exact) mass is 334 g/mol. The Morgan fingerprint density at radius 1 is 1.43 bits per heavy atom. The lowest BCUT2D eigenvalue weighted by Crippen LogP contribution is -2.32. The van der Waals surface area contributed by atoms with Crippen molar-refractivity contribution < 1.29 is 17.2 Å². The highest BCUT2D eigenvalue weighted by molar-refractivity contribution is 7.91. The van der Waals surface area contributed by atoms with E-state index < -0.39 is 27.0 Å². The molecule has 1 aromatic heterocycles. The first-order chi connectivity index (χ1) is 9.76. The van der Waals surface area contributed by atoms with Gasteiger partial charge in [-0.25, -0.2) is 22.2 Å². The minimum Gasteiger partial charge on any atom is -0.320 e. The molecule has 0 N–H and O–H groups in total. The second-order valence-electron chi connectivity index (χ2n) is 5.59. The quantitative estimate of drug-likeness (QED) is 0.793. The van der Waals surface area contributed by atoms with Crippen LogP contribution in [0.5, 0.6) is 0 Å². The number of hydrogen-bond acceptors (Lipinski definition) is 3. The zero-order valence-corrected chi connectivity index (χ0v) is 12.8. The molecular formula is C13H13ClF2N2O2S. The van der Waals surface area contributed by atoms with E-state index in [1.807, 2.05) is 0 Å². The van der Waals surface area contributed by atoms with E-state index in [-0.39, 0.29) is 28.4 Å². The third-order valence-corrected chi connectivity index (χ3v) is 6.02. The molecule has 1 atom stereocenters. The number of nitrogens with zero attached hydrogens (tertiary/aromatic N) is 2. The molecule has 1 aliphatic heterocycles. The van der Waals surface area contributed by atoms with Crippen LogP contribution in [-0.2, 0) is 21.3 Å². The fourth-order valence-electron chi connectivity index (χ4n) is 3.01. The van der Waals surface area contributed by atoms with Crippen LogP contribution in [0.4, 0.5) is 8.78 Å². The minimum absolute atomic E-state index is 0.00855. The van der Waals surface area contributed by atoms with Gasteiger partial charge in [-0.1, -0.05) is 0 Å². The summed E-state index contributed by atoms with van der Waals surface area (Å²) in [4.78, 5) is 4.10. The number of sulfone groups is 1. The highest BCUT2D eigenvalue weighted by Crippen LogP contribution is 2.36. The van der Waals surface area contributed by atoms with Crippen LogP contribution < -0.4 is 0 Å². The van der Waals surface area contributed by atoms with Gasteiger partial charge in [0.15, 0.2) is 15.7 Å². The fourth-order valence-corrected chi connectivity index (χ4v) is 5.31. The lowest BCUT2D eigenvalue weighted by atomic mass is 10.0. The number of imidazole rings is 1. The Labute approximate surface area is 125 Å². The van der Waals surface area contributed by atoms with E-state index in [4.69, 9.17) is 11.6 Å². The lowest BCUT2D eigenvalue weighted by molar-refractivity contribution is 0.367. The molecule has 1 fully saturated rings. The van der Waals surface area contributed by atoms with Gasteiger partial charge in [0, 0.05) is 6.07 Å². The van der Waals surface area contributed by atoms with Crippen molar-refractivity contribution >= 4 is 32.5 Å². The molecule has 2 aromatic rings. The summed E-state index contributed by atoms with van der Waals surface area (Å²) in [7, 11) is -3.17. The largest absolute Gasteiger partial charge is 0.320 e. The molecule has 8 heteroatoms. The summed E-state index contributed by atoms with van der Waals surface area (Å²) < 4.78 is 52.6. The van der Waals surface area contributed by atoms with Crippen molar-refractivity contribution in [1.29, 1.82) is 0 Å². The van der Waals surface area contributed by atoms with Crippen LogP contribution in [0.3, 0.4) is 0 Å². The number of benzene rings is 1.